The molecular formula is C21H24N4O. The maximum absolute atomic E-state index is 12.6. The first-order valence-corrected chi connectivity index (χ1v) is 8.92. The monoisotopic (exact) mass is 348 g/mol. The van der Waals surface area contributed by atoms with E-state index < -0.39 is 0 Å². The van der Waals surface area contributed by atoms with Gasteiger partial charge in [-0.15, -0.1) is 0 Å². The van der Waals surface area contributed by atoms with Crippen LogP contribution in [0.2, 0.25) is 0 Å². The van der Waals surface area contributed by atoms with Gasteiger partial charge in [-0.3, -0.25) is 0 Å². The number of hydrogen-bond acceptors (Lipinski definition) is 2. The van der Waals surface area contributed by atoms with E-state index in [-0.39, 0.29) is 6.03 Å². The van der Waals surface area contributed by atoms with Crippen LogP contribution in [0.5, 0.6) is 0 Å². The molecule has 0 aliphatic heterocycles. The second kappa shape index (κ2) is 8.85. The zero-order chi connectivity index (χ0) is 18.2. The molecule has 0 fully saturated rings. The van der Waals surface area contributed by atoms with Gasteiger partial charge in [0.1, 0.15) is 0 Å². The number of hydrogen-bond donors (Lipinski definition) is 1. The third-order valence-corrected chi connectivity index (χ3v) is 4.10. The molecule has 5 heteroatoms. The van der Waals surface area contributed by atoms with Crippen molar-refractivity contribution in [1.82, 2.24) is 20.0 Å². The van der Waals surface area contributed by atoms with Gasteiger partial charge in [0.15, 0.2) is 0 Å². The average molecular weight is 348 g/mol. The SMILES string of the molecule is CCCN(Cc1ccccc1)C(=O)NCc1cnn(-c2ccccc2)c1. The van der Waals surface area contributed by atoms with E-state index in [0.717, 1.165) is 29.8 Å². The summed E-state index contributed by atoms with van der Waals surface area (Å²) in [5.41, 5.74) is 3.10. The van der Waals surface area contributed by atoms with Gasteiger partial charge >= 0.3 is 6.03 Å². The Labute approximate surface area is 154 Å². The minimum absolute atomic E-state index is 0.0526. The van der Waals surface area contributed by atoms with Gasteiger partial charge in [-0.05, 0) is 24.1 Å². The summed E-state index contributed by atoms with van der Waals surface area (Å²) in [6.45, 7) is 3.88. The van der Waals surface area contributed by atoms with Crippen LogP contribution in [0.3, 0.4) is 0 Å². The van der Waals surface area contributed by atoms with Crippen LogP contribution in [0.15, 0.2) is 73.1 Å². The number of para-hydroxylation sites is 1. The molecule has 0 atom stereocenters. The van der Waals surface area contributed by atoms with E-state index in [0.29, 0.717) is 13.1 Å². The number of carbonyl (C=O) groups is 1. The molecule has 26 heavy (non-hydrogen) atoms. The lowest BCUT2D eigenvalue weighted by Crippen LogP contribution is -2.39. The second-order valence-electron chi connectivity index (χ2n) is 6.19. The van der Waals surface area contributed by atoms with Gasteiger partial charge in [0.25, 0.3) is 0 Å². The Kier molecular flexibility index (Phi) is 6.04. The van der Waals surface area contributed by atoms with E-state index in [1.165, 1.54) is 0 Å². The van der Waals surface area contributed by atoms with Crippen molar-refractivity contribution in [3.63, 3.8) is 0 Å². The van der Waals surface area contributed by atoms with Gasteiger partial charge < -0.3 is 10.2 Å². The van der Waals surface area contributed by atoms with Crippen molar-refractivity contribution in [1.29, 1.82) is 0 Å². The van der Waals surface area contributed by atoms with Gasteiger partial charge in [-0.2, -0.15) is 5.10 Å². The molecule has 0 aliphatic carbocycles. The summed E-state index contributed by atoms with van der Waals surface area (Å²) in [6, 6.07) is 19.9. The molecular weight excluding hydrogens is 324 g/mol. The van der Waals surface area contributed by atoms with Crippen LogP contribution in [-0.2, 0) is 13.1 Å². The minimum atomic E-state index is -0.0526. The maximum atomic E-state index is 12.6. The molecule has 3 rings (SSSR count). The summed E-state index contributed by atoms with van der Waals surface area (Å²) in [5.74, 6) is 0. The second-order valence-corrected chi connectivity index (χ2v) is 6.19. The molecule has 0 radical (unpaired) electrons. The van der Waals surface area contributed by atoms with E-state index in [2.05, 4.69) is 17.3 Å². The molecule has 0 saturated carbocycles. The third-order valence-electron chi connectivity index (χ3n) is 4.10. The summed E-state index contributed by atoms with van der Waals surface area (Å²) in [7, 11) is 0. The van der Waals surface area contributed by atoms with E-state index >= 15 is 0 Å². The normalized spacial score (nSPS) is 10.5. The van der Waals surface area contributed by atoms with E-state index in [1.54, 1.807) is 6.20 Å². The number of nitrogens with one attached hydrogen (secondary N) is 1. The first-order chi connectivity index (χ1) is 12.8. The molecule has 1 heterocycles. The Bertz CT molecular complexity index is 814. The smallest absolute Gasteiger partial charge is 0.317 e. The Morgan fingerprint density at radius 3 is 2.42 bits per heavy atom. The molecule has 5 nitrogen and oxygen atoms in total. The quantitative estimate of drug-likeness (QED) is 0.702. The number of urea groups is 1. The Morgan fingerprint density at radius 1 is 1.04 bits per heavy atom. The first kappa shape index (κ1) is 17.7. The lowest BCUT2D eigenvalue weighted by atomic mass is 10.2. The Hall–Kier alpha value is -3.08. The summed E-state index contributed by atoms with van der Waals surface area (Å²) >= 11 is 0. The zero-order valence-electron chi connectivity index (χ0n) is 15.0. The number of amides is 2. The number of aromatic nitrogens is 2. The predicted molar refractivity (Wildman–Crippen MR) is 103 cm³/mol. The summed E-state index contributed by atoms with van der Waals surface area (Å²) in [5, 5.41) is 7.37. The zero-order valence-corrected chi connectivity index (χ0v) is 15.0. The fourth-order valence-corrected chi connectivity index (χ4v) is 2.79. The number of carbonyl (C=O) groups excluding carboxylic acids is 1. The average Bonchev–Trinajstić information content (AvgIpc) is 3.16. The first-order valence-electron chi connectivity index (χ1n) is 8.92. The predicted octanol–water partition coefficient (Wildman–Crippen LogP) is 3.99. The van der Waals surface area contributed by atoms with Crippen LogP contribution < -0.4 is 5.32 Å². The van der Waals surface area contributed by atoms with Crippen LogP contribution in [-0.4, -0.2) is 27.3 Å². The molecule has 3 aromatic rings. The molecule has 0 aliphatic rings. The highest BCUT2D eigenvalue weighted by molar-refractivity contribution is 5.74. The maximum Gasteiger partial charge on any atom is 0.317 e. The van der Waals surface area contributed by atoms with Crippen LogP contribution in [0.1, 0.15) is 24.5 Å². The molecule has 1 aromatic heterocycles. The highest BCUT2D eigenvalue weighted by Crippen LogP contribution is 2.09. The molecule has 2 amide bonds. The highest BCUT2D eigenvalue weighted by atomic mass is 16.2. The summed E-state index contributed by atoms with van der Waals surface area (Å²) in [4.78, 5) is 14.4. The van der Waals surface area contributed by atoms with Crippen molar-refractivity contribution in [2.24, 2.45) is 0 Å². The van der Waals surface area contributed by atoms with Crippen LogP contribution in [0, 0.1) is 0 Å². The lowest BCUT2D eigenvalue weighted by molar-refractivity contribution is 0.194. The number of rotatable bonds is 7. The fourth-order valence-electron chi connectivity index (χ4n) is 2.79. The van der Waals surface area contributed by atoms with E-state index in [4.69, 9.17) is 0 Å². The van der Waals surface area contributed by atoms with Crippen LogP contribution in [0.4, 0.5) is 4.79 Å². The molecule has 2 aromatic carbocycles. The lowest BCUT2D eigenvalue weighted by Gasteiger charge is -2.22. The summed E-state index contributed by atoms with van der Waals surface area (Å²) < 4.78 is 1.81. The van der Waals surface area contributed by atoms with Gasteiger partial charge in [-0.1, -0.05) is 55.5 Å². The van der Waals surface area contributed by atoms with Gasteiger partial charge in [0.05, 0.1) is 11.9 Å². The van der Waals surface area contributed by atoms with Crippen molar-refractivity contribution in [2.45, 2.75) is 26.4 Å². The van der Waals surface area contributed by atoms with Crippen LogP contribution in [0.25, 0.3) is 5.69 Å². The Balaban J connectivity index is 1.59. The summed E-state index contributed by atoms with van der Waals surface area (Å²) in [6.07, 6.45) is 4.65. The Morgan fingerprint density at radius 2 is 1.73 bits per heavy atom. The largest absolute Gasteiger partial charge is 0.334 e. The van der Waals surface area contributed by atoms with E-state index in [9.17, 15) is 4.79 Å². The van der Waals surface area contributed by atoms with Crippen molar-refractivity contribution >= 4 is 6.03 Å². The van der Waals surface area contributed by atoms with Gasteiger partial charge in [0, 0.05) is 31.4 Å². The van der Waals surface area contributed by atoms with Crippen molar-refractivity contribution in [3.8, 4) is 5.69 Å². The molecule has 0 bridgehead atoms. The minimum Gasteiger partial charge on any atom is -0.334 e. The van der Waals surface area contributed by atoms with Gasteiger partial charge in [-0.25, -0.2) is 9.48 Å². The van der Waals surface area contributed by atoms with Crippen molar-refractivity contribution in [3.05, 3.63) is 84.2 Å². The topological polar surface area (TPSA) is 50.2 Å². The molecule has 0 saturated heterocycles. The van der Waals surface area contributed by atoms with Gasteiger partial charge in [0.2, 0.25) is 0 Å². The highest BCUT2D eigenvalue weighted by Gasteiger charge is 2.13. The van der Waals surface area contributed by atoms with Crippen LogP contribution >= 0.6 is 0 Å². The fraction of sp³-hybridized carbons (Fsp3) is 0.238. The van der Waals surface area contributed by atoms with E-state index in [1.807, 2.05) is 76.4 Å². The number of benzene rings is 2. The molecule has 1 N–H and O–H groups in total. The van der Waals surface area contributed by atoms with Crippen molar-refractivity contribution in [2.75, 3.05) is 6.54 Å². The molecule has 134 valence electrons. The number of nitrogens with zero attached hydrogens (tertiary/aromatic N) is 3. The third kappa shape index (κ3) is 4.72. The molecule has 0 unspecified atom stereocenters. The molecule has 0 spiro atoms. The standard InChI is InChI=1S/C21H24N4O/c1-2-13-24(16-18-9-5-3-6-10-18)21(26)22-14-19-15-23-25(17-19)20-11-7-4-8-12-20/h3-12,15,17H,2,13-14,16H2,1H3,(H,22,26). The van der Waals surface area contributed by atoms with Crippen molar-refractivity contribution < 1.29 is 4.79 Å².